The molecule has 0 bridgehead atoms. The van der Waals surface area contributed by atoms with E-state index in [9.17, 15) is 13.2 Å². The largest absolute Gasteiger partial charge is 0.416 e. The van der Waals surface area contributed by atoms with Crippen LogP contribution in [-0.4, -0.2) is 6.17 Å². The molecule has 0 fully saturated rings. The maximum Gasteiger partial charge on any atom is 0.416 e. The summed E-state index contributed by atoms with van der Waals surface area (Å²) in [6.07, 6.45) is -3.18. The SMILES string of the molecule is NC1CCc2cc(C(F)(F)F)ccc2N1. The van der Waals surface area contributed by atoms with E-state index in [4.69, 9.17) is 5.73 Å². The molecule has 0 amide bonds. The third-order valence-corrected chi connectivity index (χ3v) is 2.50. The minimum atomic E-state index is -4.27. The van der Waals surface area contributed by atoms with Crippen molar-refractivity contribution in [2.75, 3.05) is 5.32 Å². The number of nitrogens with one attached hydrogen (secondary N) is 1. The van der Waals surface area contributed by atoms with Gasteiger partial charge in [-0.15, -0.1) is 0 Å². The van der Waals surface area contributed by atoms with Gasteiger partial charge in [-0.2, -0.15) is 13.2 Å². The van der Waals surface area contributed by atoms with Gasteiger partial charge in [-0.1, -0.05) is 0 Å². The van der Waals surface area contributed by atoms with Crippen molar-refractivity contribution in [3.05, 3.63) is 29.3 Å². The summed E-state index contributed by atoms with van der Waals surface area (Å²) in [6.45, 7) is 0. The number of anilines is 1. The first-order valence-electron chi connectivity index (χ1n) is 4.69. The zero-order valence-corrected chi connectivity index (χ0v) is 7.93. The number of aryl methyl sites for hydroxylation is 1. The van der Waals surface area contributed by atoms with Crippen molar-refractivity contribution in [1.29, 1.82) is 0 Å². The van der Waals surface area contributed by atoms with Gasteiger partial charge in [0.2, 0.25) is 0 Å². The molecular weight excluding hydrogens is 205 g/mol. The summed E-state index contributed by atoms with van der Waals surface area (Å²) in [5.41, 5.74) is 6.44. The topological polar surface area (TPSA) is 38.0 Å². The van der Waals surface area contributed by atoms with Crippen LogP contribution in [-0.2, 0) is 12.6 Å². The number of rotatable bonds is 0. The molecule has 1 atom stereocenters. The molecule has 15 heavy (non-hydrogen) atoms. The summed E-state index contributed by atoms with van der Waals surface area (Å²) in [6, 6.07) is 3.70. The first-order valence-corrected chi connectivity index (χ1v) is 4.69. The fraction of sp³-hybridized carbons (Fsp3) is 0.400. The summed E-state index contributed by atoms with van der Waals surface area (Å²) < 4.78 is 37.2. The Kier molecular flexibility index (Phi) is 2.34. The van der Waals surface area contributed by atoms with Crippen molar-refractivity contribution in [3.63, 3.8) is 0 Å². The average molecular weight is 216 g/mol. The highest BCUT2D eigenvalue weighted by Gasteiger charge is 2.31. The second-order valence-electron chi connectivity index (χ2n) is 3.66. The Morgan fingerprint density at radius 1 is 1.33 bits per heavy atom. The minimum absolute atomic E-state index is 0.158. The number of hydrogen-bond acceptors (Lipinski definition) is 2. The maximum atomic E-state index is 12.4. The Labute approximate surface area is 85.3 Å². The van der Waals surface area contributed by atoms with Crippen molar-refractivity contribution in [3.8, 4) is 0 Å². The second kappa shape index (κ2) is 3.41. The first-order chi connectivity index (χ1) is 6.97. The van der Waals surface area contributed by atoms with E-state index in [0.29, 0.717) is 24.1 Å². The van der Waals surface area contributed by atoms with Gasteiger partial charge >= 0.3 is 6.18 Å². The van der Waals surface area contributed by atoms with Crippen LogP contribution >= 0.6 is 0 Å². The van der Waals surface area contributed by atoms with Crippen LogP contribution in [0.15, 0.2) is 18.2 Å². The molecule has 2 rings (SSSR count). The Balaban J connectivity index is 2.35. The monoisotopic (exact) mass is 216 g/mol. The van der Waals surface area contributed by atoms with Crippen molar-refractivity contribution in [2.24, 2.45) is 5.73 Å². The van der Waals surface area contributed by atoms with Gasteiger partial charge in [0.25, 0.3) is 0 Å². The molecule has 0 saturated carbocycles. The standard InChI is InChI=1S/C10H11F3N2/c11-10(12,13)7-2-3-8-6(5-7)1-4-9(14)15-8/h2-3,5,9,15H,1,4,14H2. The second-order valence-corrected chi connectivity index (χ2v) is 3.66. The van der Waals surface area contributed by atoms with Gasteiger partial charge in [0.1, 0.15) is 0 Å². The van der Waals surface area contributed by atoms with E-state index in [1.807, 2.05) is 0 Å². The van der Waals surface area contributed by atoms with Gasteiger partial charge in [-0.05, 0) is 36.6 Å². The van der Waals surface area contributed by atoms with E-state index in [0.717, 1.165) is 6.07 Å². The smallest absolute Gasteiger partial charge is 0.370 e. The molecular formula is C10H11F3N2. The zero-order chi connectivity index (χ0) is 11.1. The number of fused-ring (bicyclic) bond motifs is 1. The number of hydrogen-bond donors (Lipinski definition) is 2. The highest BCUT2D eigenvalue weighted by atomic mass is 19.4. The molecule has 1 unspecified atom stereocenters. The van der Waals surface area contributed by atoms with Gasteiger partial charge < -0.3 is 11.1 Å². The van der Waals surface area contributed by atoms with E-state index >= 15 is 0 Å². The Morgan fingerprint density at radius 2 is 2.07 bits per heavy atom. The molecule has 82 valence electrons. The molecule has 0 spiro atoms. The Morgan fingerprint density at radius 3 is 2.73 bits per heavy atom. The summed E-state index contributed by atoms with van der Waals surface area (Å²) in [5.74, 6) is 0. The maximum absolute atomic E-state index is 12.4. The van der Waals surface area contributed by atoms with Gasteiger partial charge in [0, 0.05) is 5.69 Å². The summed E-state index contributed by atoms with van der Waals surface area (Å²) in [7, 11) is 0. The third kappa shape index (κ3) is 2.07. The number of benzene rings is 1. The molecule has 1 aliphatic rings. The van der Waals surface area contributed by atoms with Gasteiger partial charge in [0.15, 0.2) is 0 Å². The van der Waals surface area contributed by atoms with Gasteiger partial charge in [-0.25, -0.2) is 0 Å². The van der Waals surface area contributed by atoms with Crippen LogP contribution in [0.5, 0.6) is 0 Å². The predicted molar refractivity (Wildman–Crippen MR) is 51.4 cm³/mol. The highest BCUT2D eigenvalue weighted by molar-refractivity contribution is 5.55. The zero-order valence-electron chi connectivity index (χ0n) is 7.93. The molecule has 0 aromatic heterocycles. The van der Waals surface area contributed by atoms with Crippen LogP contribution < -0.4 is 11.1 Å². The van der Waals surface area contributed by atoms with Crippen LogP contribution in [0.1, 0.15) is 17.5 Å². The number of halogens is 3. The van der Waals surface area contributed by atoms with Crippen LogP contribution in [0, 0.1) is 0 Å². The fourth-order valence-electron chi connectivity index (χ4n) is 1.70. The number of nitrogens with two attached hydrogens (primary N) is 1. The molecule has 2 nitrogen and oxygen atoms in total. The van der Waals surface area contributed by atoms with Crippen molar-refractivity contribution in [2.45, 2.75) is 25.2 Å². The molecule has 0 aliphatic carbocycles. The molecule has 1 aromatic carbocycles. The van der Waals surface area contributed by atoms with Crippen LogP contribution in [0.4, 0.5) is 18.9 Å². The lowest BCUT2D eigenvalue weighted by molar-refractivity contribution is -0.137. The number of alkyl halides is 3. The van der Waals surface area contributed by atoms with Crippen molar-refractivity contribution < 1.29 is 13.2 Å². The lowest BCUT2D eigenvalue weighted by Gasteiger charge is -2.24. The molecule has 0 saturated heterocycles. The molecule has 1 aromatic rings. The lowest BCUT2D eigenvalue weighted by atomic mass is 9.99. The van der Waals surface area contributed by atoms with E-state index < -0.39 is 11.7 Å². The van der Waals surface area contributed by atoms with Crippen LogP contribution in [0.3, 0.4) is 0 Å². The van der Waals surface area contributed by atoms with Crippen molar-refractivity contribution in [1.82, 2.24) is 0 Å². The quantitative estimate of drug-likeness (QED) is 0.698. The molecule has 5 heteroatoms. The molecule has 1 heterocycles. The third-order valence-electron chi connectivity index (χ3n) is 2.50. The Hall–Kier alpha value is -1.23. The summed E-state index contributed by atoms with van der Waals surface area (Å²) in [5, 5.41) is 2.95. The van der Waals surface area contributed by atoms with Crippen molar-refractivity contribution >= 4 is 5.69 Å². The van der Waals surface area contributed by atoms with Crippen LogP contribution in [0.25, 0.3) is 0 Å². The van der Waals surface area contributed by atoms with E-state index in [1.54, 1.807) is 0 Å². The molecule has 1 aliphatic heterocycles. The minimum Gasteiger partial charge on any atom is -0.370 e. The van der Waals surface area contributed by atoms with Gasteiger partial charge in [-0.3, -0.25) is 0 Å². The Bertz CT molecular complexity index is 373. The van der Waals surface area contributed by atoms with E-state index in [-0.39, 0.29) is 6.17 Å². The van der Waals surface area contributed by atoms with Crippen LogP contribution in [0.2, 0.25) is 0 Å². The molecule has 3 N–H and O–H groups in total. The van der Waals surface area contributed by atoms with Gasteiger partial charge in [0.05, 0.1) is 11.7 Å². The molecule has 0 radical (unpaired) electrons. The fourth-order valence-corrected chi connectivity index (χ4v) is 1.70. The normalized spacial score (nSPS) is 20.7. The highest BCUT2D eigenvalue weighted by Crippen LogP contribution is 2.33. The average Bonchev–Trinajstić information content (AvgIpc) is 2.15. The summed E-state index contributed by atoms with van der Waals surface area (Å²) in [4.78, 5) is 0. The lowest BCUT2D eigenvalue weighted by Crippen LogP contribution is -2.33. The van der Waals surface area contributed by atoms with E-state index in [1.165, 1.54) is 12.1 Å². The summed E-state index contributed by atoms with van der Waals surface area (Å²) >= 11 is 0. The van der Waals surface area contributed by atoms with E-state index in [2.05, 4.69) is 5.32 Å². The first kappa shape index (κ1) is 10.3. The predicted octanol–water partition coefficient (Wildman–Crippen LogP) is 2.35.